The first-order valence-corrected chi connectivity index (χ1v) is 5.99. The van der Waals surface area contributed by atoms with Gasteiger partial charge in [0.15, 0.2) is 5.82 Å². The Morgan fingerprint density at radius 2 is 2.33 bits per heavy atom. The molecule has 15 heavy (non-hydrogen) atoms. The molecule has 80 valence electrons. The minimum atomic E-state index is 0.137. The number of halogens is 1. The van der Waals surface area contributed by atoms with Crippen LogP contribution in [0.15, 0.2) is 12.1 Å². The average molecular weight is 270 g/mol. The van der Waals surface area contributed by atoms with E-state index < -0.39 is 0 Å². The Morgan fingerprint density at radius 1 is 1.53 bits per heavy atom. The van der Waals surface area contributed by atoms with Gasteiger partial charge in [-0.2, -0.15) is 5.10 Å². The lowest BCUT2D eigenvalue weighted by Crippen LogP contribution is -2.25. The van der Waals surface area contributed by atoms with Gasteiger partial charge in [0.1, 0.15) is 0 Å². The predicted octanol–water partition coefficient (Wildman–Crippen LogP) is 1.53. The summed E-state index contributed by atoms with van der Waals surface area (Å²) in [5.74, 6) is 1.19. The first kappa shape index (κ1) is 10.5. The number of alkyl halides is 1. The number of anilines is 1. The van der Waals surface area contributed by atoms with Crippen LogP contribution in [0.2, 0.25) is 0 Å². The number of hydrogen-bond acceptors (Lipinski definition) is 3. The number of amides is 1. The number of nitrogens with zero attached hydrogens (tertiary/aromatic N) is 3. The second-order valence-electron chi connectivity index (χ2n) is 3.76. The molecule has 1 aliphatic heterocycles. The van der Waals surface area contributed by atoms with Crippen molar-refractivity contribution in [3.8, 4) is 0 Å². The highest BCUT2D eigenvalue weighted by atomic mass is 79.9. The minimum Gasteiger partial charge on any atom is -0.295 e. The summed E-state index contributed by atoms with van der Waals surface area (Å²) in [6.07, 6.45) is 0.598. The van der Waals surface area contributed by atoms with Crippen molar-refractivity contribution in [3.05, 3.63) is 17.8 Å². The summed E-state index contributed by atoms with van der Waals surface area (Å²) in [4.78, 5) is 13.4. The fraction of sp³-hybridized carbons (Fsp3) is 0.500. The van der Waals surface area contributed by atoms with E-state index in [1.54, 1.807) is 4.90 Å². The normalized spacial score (nSPS) is 21.1. The van der Waals surface area contributed by atoms with Crippen LogP contribution in [0.3, 0.4) is 0 Å². The number of hydrogen-bond donors (Lipinski definition) is 0. The van der Waals surface area contributed by atoms with E-state index in [1.165, 1.54) is 0 Å². The van der Waals surface area contributed by atoms with Gasteiger partial charge in [-0.1, -0.05) is 15.9 Å². The van der Waals surface area contributed by atoms with Crippen molar-refractivity contribution in [2.24, 2.45) is 5.92 Å². The predicted molar refractivity (Wildman–Crippen MR) is 61.0 cm³/mol. The molecule has 1 fully saturated rings. The zero-order valence-corrected chi connectivity index (χ0v) is 10.1. The van der Waals surface area contributed by atoms with Crippen molar-refractivity contribution < 1.29 is 4.79 Å². The molecule has 1 unspecified atom stereocenters. The lowest BCUT2D eigenvalue weighted by Gasteiger charge is -2.14. The van der Waals surface area contributed by atoms with Crippen molar-refractivity contribution in [2.75, 3.05) is 16.8 Å². The molecule has 1 aromatic heterocycles. The molecule has 1 saturated heterocycles. The van der Waals surface area contributed by atoms with E-state index in [9.17, 15) is 4.79 Å². The highest BCUT2D eigenvalue weighted by molar-refractivity contribution is 9.09. The third-order valence-corrected chi connectivity index (χ3v) is 3.40. The third-order valence-electron chi connectivity index (χ3n) is 2.48. The Labute approximate surface area is 96.8 Å². The number of carbonyl (C=O) groups excluding carboxylic acids is 1. The molecule has 0 radical (unpaired) electrons. The maximum absolute atomic E-state index is 11.7. The molecule has 0 aliphatic carbocycles. The smallest absolute Gasteiger partial charge is 0.228 e. The van der Waals surface area contributed by atoms with E-state index in [1.807, 2.05) is 19.1 Å². The molecule has 1 aromatic rings. The van der Waals surface area contributed by atoms with E-state index in [0.717, 1.165) is 17.6 Å². The first-order chi connectivity index (χ1) is 7.20. The van der Waals surface area contributed by atoms with Crippen LogP contribution in [0.1, 0.15) is 12.1 Å². The van der Waals surface area contributed by atoms with Crippen LogP contribution < -0.4 is 4.90 Å². The van der Waals surface area contributed by atoms with Crippen LogP contribution in [0.25, 0.3) is 0 Å². The van der Waals surface area contributed by atoms with Gasteiger partial charge in [-0.3, -0.25) is 9.69 Å². The average Bonchev–Trinajstić information content (AvgIpc) is 2.61. The van der Waals surface area contributed by atoms with Crippen molar-refractivity contribution in [1.29, 1.82) is 0 Å². The minimum absolute atomic E-state index is 0.137. The molecule has 0 N–H and O–H groups in total. The summed E-state index contributed by atoms with van der Waals surface area (Å²) < 4.78 is 0. The van der Waals surface area contributed by atoms with Crippen molar-refractivity contribution in [3.63, 3.8) is 0 Å². The highest BCUT2D eigenvalue weighted by Gasteiger charge is 2.30. The summed E-state index contributed by atoms with van der Waals surface area (Å²) >= 11 is 3.40. The zero-order valence-electron chi connectivity index (χ0n) is 8.48. The molecule has 5 heteroatoms. The molecule has 4 nitrogen and oxygen atoms in total. The topological polar surface area (TPSA) is 46.1 Å². The second-order valence-corrected chi connectivity index (χ2v) is 4.41. The van der Waals surface area contributed by atoms with E-state index in [2.05, 4.69) is 26.1 Å². The van der Waals surface area contributed by atoms with Crippen molar-refractivity contribution in [2.45, 2.75) is 13.3 Å². The molecule has 0 aromatic carbocycles. The number of aryl methyl sites for hydroxylation is 1. The van der Waals surface area contributed by atoms with Crippen molar-refractivity contribution in [1.82, 2.24) is 10.2 Å². The monoisotopic (exact) mass is 269 g/mol. The number of carbonyl (C=O) groups is 1. The van der Waals surface area contributed by atoms with E-state index in [0.29, 0.717) is 18.2 Å². The molecule has 2 rings (SSSR count). The van der Waals surface area contributed by atoms with E-state index >= 15 is 0 Å². The van der Waals surface area contributed by atoms with Crippen molar-refractivity contribution >= 4 is 27.7 Å². The Balaban J connectivity index is 2.18. The summed E-state index contributed by atoms with van der Waals surface area (Å²) in [5, 5.41) is 8.83. The molecule has 1 amide bonds. The molecule has 0 saturated carbocycles. The molecule has 1 aliphatic rings. The fourth-order valence-electron chi connectivity index (χ4n) is 1.64. The van der Waals surface area contributed by atoms with Gasteiger partial charge in [-0.15, -0.1) is 5.10 Å². The largest absolute Gasteiger partial charge is 0.295 e. The van der Waals surface area contributed by atoms with Gasteiger partial charge in [-0.05, 0) is 25.0 Å². The van der Waals surface area contributed by atoms with Crippen LogP contribution >= 0.6 is 15.9 Å². The lowest BCUT2D eigenvalue weighted by molar-refractivity contribution is -0.117. The van der Waals surface area contributed by atoms with Gasteiger partial charge in [0.2, 0.25) is 5.91 Å². The Kier molecular flexibility index (Phi) is 3.00. The van der Waals surface area contributed by atoms with Gasteiger partial charge in [-0.25, -0.2) is 0 Å². The van der Waals surface area contributed by atoms with Gasteiger partial charge in [0.05, 0.1) is 5.69 Å². The quantitative estimate of drug-likeness (QED) is 0.766. The van der Waals surface area contributed by atoms with Crippen LogP contribution in [-0.2, 0) is 4.79 Å². The maximum Gasteiger partial charge on any atom is 0.228 e. The number of aromatic nitrogens is 2. The Morgan fingerprint density at radius 3 is 2.87 bits per heavy atom. The van der Waals surface area contributed by atoms with E-state index in [4.69, 9.17) is 0 Å². The second kappa shape index (κ2) is 4.26. The molecular formula is C10H12BrN3O. The Hall–Kier alpha value is -0.970. The van der Waals surface area contributed by atoms with Gasteiger partial charge in [0.25, 0.3) is 0 Å². The van der Waals surface area contributed by atoms with Gasteiger partial charge in [0, 0.05) is 18.3 Å². The Bertz CT molecular complexity index is 365. The number of rotatable bonds is 2. The molecule has 2 heterocycles. The molecular weight excluding hydrogens is 258 g/mol. The third kappa shape index (κ3) is 2.17. The SMILES string of the molecule is Cc1ccc(N2CC(CBr)CC2=O)nn1. The van der Waals surface area contributed by atoms with Gasteiger partial charge < -0.3 is 0 Å². The standard InChI is InChI=1S/C10H12BrN3O/c1-7-2-3-9(13-12-7)14-6-8(5-11)4-10(14)15/h2-3,8H,4-6H2,1H3. The first-order valence-electron chi connectivity index (χ1n) is 4.87. The lowest BCUT2D eigenvalue weighted by atomic mass is 10.2. The fourth-order valence-corrected chi connectivity index (χ4v) is 2.08. The molecule has 0 bridgehead atoms. The summed E-state index contributed by atoms with van der Waals surface area (Å²) in [6.45, 7) is 2.62. The van der Waals surface area contributed by atoms with Gasteiger partial charge >= 0.3 is 0 Å². The highest BCUT2D eigenvalue weighted by Crippen LogP contribution is 2.23. The van der Waals surface area contributed by atoms with E-state index in [-0.39, 0.29) is 5.91 Å². The maximum atomic E-state index is 11.7. The molecule has 0 spiro atoms. The zero-order chi connectivity index (χ0) is 10.8. The summed E-state index contributed by atoms with van der Waals surface area (Å²) in [6, 6.07) is 3.72. The summed E-state index contributed by atoms with van der Waals surface area (Å²) in [5.41, 5.74) is 0.863. The van der Waals surface area contributed by atoms with Crippen LogP contribution in [0, 0.1) is 12.8 Å². The van der Waals surface area contributed by atoms with Crippen LogP contribution in [0.4, 0.5) is 5.82 Å². The van der Waals surface area contributed by atoms with Crippen LogP contribution in [0.5, 0.6) is 0 Å². The van der Waals surface area contributed by atoms with Crippen LogP contribution in [-0.4, -0.2) is 28.0 Å². The summed E-state index contributed by atoms with van der Waals surface area (Å²) in [7, 11) is 0. The molecule has 1 atom stereocenters.